The molecule has 1 unspecified atom stereocenters. The van der Waals surface area contributed by atoms with Gasteiger partial charge in [0.05, 0.1) is 16.6 Å². The van der Waals surface area contributed by atoms with Crippen molar-refractivity contribution in [2.75, 3.05) is 5.75 Å². The molecule has 2 rings (SSSR count). The Hall–Kier alpha value is -1.45. The zero-order chi connectivity index (χ0) is 15.2. The normalized spacial score (nSPS) is 12.1. The predicted molar refractivity (Wildman–Crippen MR) is 87.5 cm³/mol. The summed E-state index contributed by atoms with van der Waals surface area (Å²) in [5.74, 6) is -0.110. The van der Waals surface area contributed by atoms with E-state index in [2.05, 4.69) is 6.92 Å². The second-order valence-electron chi connectivity index (χ2n) is 4.81. The fourth-order valence-corrected chi connectivity index (χ4v) is 3.16. The molecule has 0 aliphatic heterocycles. The molecule has 110 valence electrons. The number of carbonyl (C=O) groups is 1. The maximum Gasteiger partial charge on any atom is 0.175 e. The highest BCUT2D eigenvalue weighted by Crippen LogP contribution is 2.14. The first-order valence-electron chi connectivity index (χ1n) is 6.86. The van der Waals surface area contributed by atoms with Crippen LogP contribution >= 0.6 is 11.6 Å². The molecular formula is C17H17ClO2S. The summed E-state index contributed by atoms with van der Waals surface area (Å²) >= 11 is 5.79. The maximum absolute atomic E-state index is 12.2. The summed E-state index contributed by atoms with van der Waals surface area (Å²) in [5.41, 5.74) is 1.82. The molecule has 1 atom stereocenters. The Morgan fingerprint density at radius 2 is 1.67 bits per heavy atom. The highest BCUT2D eigenvalue weighted by atomic mass is 35.5. The van der Waals surface area contributed by atoms with Gasteiger partial charge in [0.15, 0.2) is 5.78 Å². The van der Waals surface area contributed by atoms with E-state index in [4.69, 9.17) is 11.6 Å². The van der Waals surface area contributed by atoms with Crippen LogP contribution in [0.5, 0.6) is 0 Å². The Labute approximate surface area is 132 Å². The van der Waals surface area contributed by atoms with Crippen LogP contribution in [-0.2, 0) is 17.2 Å². The second-order valence-corrected chi connectivity index (χ2v) is 6.70. The van der Waals surface area contributed by atoms with Gasteiger partial charge < -0.3 is 0 Å². The number of hydrogen-bond acceptors (Lipinski definition) is 2. The van der Waals surface area contributed by atoms with E-state index in [-0.39, 0.29) is 11.5 Å². The molecule has 2 nitrogen and oxygen atoms in total. The molecule has 2 aromatic carbocycles. The molecule has 21 heavy (non-hydrogen) atoms. The highest BCUT2D eigenvalue weighted by Gasteiger charge is 2.12. The SMILES string of the molecule is CCCc1ccc(C(=O)CS(=O)c2ccc(Cl)cc2)cc1. The number of halogens is 1. The van der Waals surface area contributed by atoms with Crippen molar-refractivity contribution in [1.82, 2.24) is 0 Å². The first kappa shape index (κ1) is 15.9. The van der Waals surface area contributed by atoms with Gasteiger partial charge in [-0.05, 0) is 36.2 Å². The molecule has 0 heterocycles. The summed E-state index contributed by atoms with van der Waals surface area (Å²) in [6, 6.07) is 14.3. The first-order valence-corrected chi connectivity index (χ1v) is 8.56. The molecule has 0 amide bonds. The third-order valence-corrected chi connectivity index (χ3v) is 4.73. The van der Waals surface area contributed by atoms with Crippen molar-refractivity contribution in [1.29, 1.82) is 0 Å². The van der Waals surface area contributed by atoms with E-state index in [1.807, 2.05) is 24.3 Å². The van der Waals surface area contributed by atoms with Crippen molar-refractivity contribution in [2.24, 2.45) is 0 Å². The molecule has 0 bridgehead atoms. The Bertz CT molecular complexity index is 633. The molecule has 0 radical (unpaired) electrons. The summed E-state index contributed by atoms with van der Waals surface area (Å²) in [6.07, 6.45) is 2.08. The minimum absolute atomic E-state index is 0.00520. The minimum atomic E-state index is -1.34. The maximum atomic E-state index is 12.2. The lowest BCUT2D eigenvalue weighted by Crippen LogP contribution is -2.11. The van der Waals surface area contributed by atoms with Gasteiger partial charge in [-0.3, -0.25) is 9.00 Å². The minimum Gasteiger partial charge on any atom is -0.293 e. The summed E-state index contributed by atoms with van der Waals surface area (Å²) in [5, 5.41) is 0.591. The molecule has 4 heteroatoms. The first-order chi connectivity index (χ1) is 10.1. The van der Waals surface area contributed by atoms with Gasteiger partial charge in [-0.1, -0.05) is 49.2 Å². The standard InChI is InChI=1S/C17H17ClO2S/c1-2-3-13-4-6-14(7-5-13)17(19)12-21(20)16-10-8-15(18)9-11-16/h4-11H,2-3,12H2,1H3. The van der Waals surface area contributed by atoms with Gasteiger partial charge in [-0.2, -0.15) is 0 Å². The summed E-state index contributed by atoms with van der Waals surface area (Å²) in [6.45, 7) is 2.12. The zero-order valence-electron chi connectivity index (χ0n) is 11.8. The van der Waals surface area contributed by atoms with Crippen LogP contribution in [0.3, 0.4) is 0 Å². The van der Waals surface area contributed by atoms with Gasteiger partial charge >= 0.3 is 0 Å². The quantitative estimate of drug-likeness (QED) is 0.744. The zero-order valence-corrected chi connectivity index (χ0v) is 13.4. The van der Waals surface area contributed by atoms with Crippen molar-refractivity contribution in [3.8, 4) is 0 Å². The largest absolute Gasteiger partial charge is 0.293 e. The Kier molecular flexibility index (Phi) is 5.71. The van der Waals surface area contributed by atoms with E-state index in [9.17, 15) is 9.00 Å². The van der Waals surface area contributed by atoms with E-state index in [1.54, 1.807) is 24.3 Å². The lowest BCUT2D eigenvalue weighted by atomic mass is 10.1. The number of hydrogen-bond donors (Lipinski definition) is 0. The van der Waals surface area contributed by atoms with Crippen LogP contribution in [0.4, 0.5) is 0 Å². The number of rotatable bonds is 6. The average Bonchev–Trinajstić information content (AvgIpc) is 2.49. The van der Waals surface area contributed by atoms with Crippen LogP contribution in [0.2, 0.25) is 5.02 Å². The Balaban J connectivity index is 2.03. The monoisotopic (exact) mass is 320 g/mol. The predicted octanol–water partition coefficient (Wildman–Crippen LogP) is 4.28. The number of aryl methyl sites for hydroxylation is 1. The smallest absolute Gasteiger partial charge is 0.175 e. The third kappa shape index (κ3) is 4.51. The van der Waals surface area contributed by atoms with Crippen LogP contribution in [0.15, 0.2) is 53.4 Å². The lowest BCUT2D eigenvalue weighted by molar-refractivity contribution is 0.102. The van der Waals surface area contributed by atoms with Crippen LogP contribution in [0, 0.1) is 0 Å². The van der Waals surface area contributed by atoms with Gasteiger partial charge in [0.2, 0.25) is 0 Å². The fourth-order valence-electron chi connectivity index (χ4n) is 2.02. The highest BCUT2D eigenvalue weighted by molar-refractivity contribution is 7.85. The fraction of sp³-hybridized carbons (Fsp3) is 0.235. The molecule has 0 N–H and O–H groups in total. The number of carbonyl (C=O) groups excluding carboxylic acids is 1. The number of benzene rings is 2. The average molecular weight is 321 g/mol. The van der Waals surface area contributed by atoms with Crippen LogP contribution in [0.25, 0.3) is 0 Å². The van der Waals surface area contributed by atoms with E-state index in [0.29, 0.717) is 15.5 Å². The van der Waals surface area contributed by atoms with Crippen LogP contribution in [-0.4, -0.2) is 15.7 Å². The molecular weight excluding hydrogens is 304 g/mol. The molecule has 0 fully saturated rings. The molecule has 0 aliphatic carbocycles. The Morgan fingerprint density at radius 3 is 2.24 bits per heavy atom. The van der Waals surface area contributed by atoms with Gasteiger partial charge in [0.1, 0.15) is 0 Å². The topological polar surface area (TPSA) is 34.1 Å². The van der Waals surface area contributed by atoms with Crippen molar-refractivity contribution in [2.45, 2.75) is 24.7 Å². The van der Waals surface area contributed by atoms with E-state index < -0.39 is 10.8 Å². The second kappa shape index (κ2) is 7.53. The van der Waals surface area contributed by atoms with E-state index in [0.717, 1.165) is 12.8 Å². The number of ketones is 1. The van der Waals surface area contributed by atoms with Crippen molar-refractivity contribution < 1.29 is 9.00 Å². The van der Waals surface area contributed by atoms with E-state index in [1.165, 1.54) is 5.56 Å². The van der Waals surface area contributed by atoms with Crippen LogP contribution < -0.4 is 0 Å². The molecule has 0 aromatic heterocycles. The van der Waals surface area contributed by atoms with Gasteiger partial charge in [0.25, 0.3) is 0 Å². The summed E-state index contributed by atoms with van der Waals surface area (Å²) in [7, 11) is -1.34. The van der Waals surface area contributed by atoms with Gasteiger partial charge in [-0.25, -0.2) is 0 Å². The summed E-state index contributed by atoms with van der Waals surface area (Å²) in [4.78, 5) is 12.8. The van der Waals surface area contributed by atoms with Gasteiger partial charge in [0, 0.05) is 15.5 Å². The van der Waals surface area contributed by atoms with Crippen LogP contribution in [0.1, 0.15) is 29.3 Å². The molecule has 0 spiro atoms. The summed E-state index contributed by atoms with van der Waals surface area (Å²) < 4.78 is 12.2. The van der Waals surface area contributed by atoms with Crippen molar-refractivity contribution >= 4 is 28.2 Å². The molecule has 0 saturated heterocycles. The third-order valence-electron chi connectivity index (χ3n) is 3.15. The van der Waals surface area contributed by atoms with Gasteiger partial charge in [-0.15, -0.1) is 0 Å². The van der Waals surface area contributed by atoms with E-state index >= 15 is 0 Å². The van der Waals surface area contributed by atoms with Crippen molar-refractivity contribution in [3.05, 3.63) is 64.7 Å². The molecule has 0 aliphatic rings. The van der Waals surface area contributed by atoms with Crippen molar-refractivity contribution in [3.63, 3.8) is 0 Å². The lowest BCUT2D eigenvalue weighted by Gasteiger charge is -2.04. The number of Topliss-reactive ketones (excluding diaryl/α,β-unsaturated/α-hetero) is 1. The Morgan fingerprint density at radius 1 is 1.05 bits per heavy atom. The molecule has 2 aromatic rings. The molecule has 0 saturated carbocycles.